The molecular formula is C19H21FN2O3. The van der Waals surface area contributed by atoms with E-state index in [0.29, 0.717) is 17.9 Å². The first-order valence-electron chi connectivity index (χ1n) is 7.83. The van der Waals surface area contributed by atoms with Gasteiger partial charge in [-0.3, -0.25) is 9.59 Å². The van der Waals surface area contributed by atoms with E-state index in [1.165, 1.54) is 12.1 Å². The third-order valence-corrected chi connectivity index (χ3v) is 3.79. The normalized spacial score (nSPS) is 11.0. The number of nitrogens with two attached hydrogens (primary N) is 1. The van der Waals surface area contributed by atoms with Crippen LogP contribution in [-0.2, 0) is 10.2 Å². The Hall–Kier alpha value is -2.89. The zero-order chi connectivity index (χ0) is 18.4. The molecule has 0 saturated carbocycles. The van der Waals surface area contributed by atoms with Crippen LogP contribution in [0.2, 0.25) is 0 Å². The summed E-state index contributed by atoms with van der Waals surface area (Å²) in [5.74, 6) is -0.754. The Kier molecular flexibility index (Phi) is 5.75. The lowest BCUT2D eigenvalue weighted by Gasteiger charge is -2.25. The van der Waals surface area contributed by atoms with E-state index in [2.05, 4.69) is 5.32 Å². The van der Waals surface area contributed by atoms with Gasteiger partial charge in [-0.1, -0.05) is 32.0 Å². The van der Waals surface area contributed by atoms with Crippen molar-refractivity contribution >= 4 is 11.8 Å². The van der Waals surface area contributed by atoms with Crippen LogP contribution in [0.3, 0.4) is 0 Å². The number of hydrogen-bond donors (Lipinski definition) is 2. The van der Waals surface area contributed by atoms with Gasteiger partial charge in [0.15, 0.2) is 6.61 Å². The zero-order valence-electron chi connectivity index (χ0n) is 14.2. The molecule has 0 aliphatic rings. The first-order valence-corrected chi connectivity index (χ1v) is 7.83. The molecule has 2 aromatic rings. The van der Waals surface area contributed by atoms with Crippen LogP contribution in [0, 0.1) is 5.82 Å². The summed E-state index contributed by atoms with van der Waals surface area (Å²) < 4.78 is 18.2. The third-order valence-electron chi connectivity index (χ3n) is 3.79. The second-order valence-electron chi connectivity index (χ2n) is 6.36. The summed E-state index contributed by atoms with van der Waals surface area (Å²) in [6, 6.07) is 12.7. The Morgan fingerprint density at radius 1 is 1.16 bits per heavy atom. The number of carbonyl (C=O) groups excluding carboxylic acids is 2. The van der Waals surface area contributed by atoms with E-state index in [1.807, 2.05) is 13.8 Å². The van der Waals surface area contributed by atoms with Crippen molar-refractivity contribution in [1.82, 2.24) is 5.32 Å². The summed E-state index contributed by atoms with van der Waals surface area (Å²) >= 11 is 0. The molecule has 2 amide bonds. The number of halogens is 1. The molecule has 0 saturated heterocycles. The number of nitrogens with one attached hydrogen (secondary N) is 1. The Balaban J connectivity index is 2.00. The minimum atomic E-state index is -0.587. The Morgan fingerprint density at radius 3 is 2.48 bits per heavy atom. The van der Waals surface area contributed by atoms with Crippen LogP contribution in [0.4, 0.5) is 4.39 Å². The monoisotopic (exact) mass is 344 g/mol. The number of benzene rings is 2. The van der Waals surface area contributed by atoms with Crippen LogP contribution in [0.25, 0.3) is 0 Å². The molecule has 0 atom stereocenters. The molecule has 0 fully saturated rings. The highest BCUT2D eigenvalue weighted by atomic mass is 19.1. The summed E-state index contributed by atoms with van der Waals surface area (Å²) in [5, 5.41) is 2.86. The minimum Gasteiger partial charge on any atom is -0.484 e. The Bertz CT molecular complexity index is 758. The van der Waals surface area contributed by atoms with Gasteiger partial charge in [0.05, 0.1) is 0 Å². The van der Waals surface area contributed by atoms with Gasteiger partial charge < -0.3 is 15.8 Å². The van der Waals surface area contributed by atoms with Gasteiger partial charge in [-0.25, -0.2) is 4.39 Å². The van der Waals surface area contributed by atoms with Gasteiger partial charge in [0.25, 0.3) is 11.8 Å². The minimum absolute atomic E-state index is 0.247. The van der Waals surface area contributed by atoms with Crippen LogP contribution >= 0.6 is 0 Å². The van der Waals surface area contributed by atoms with Gasteiger partial charge in [0, 0.05) is 17.5 Å². The average Bonchev–Trinajstić information content (AvgIpc) is 2.58. The molecule has 0 spiro atoms. The third kappa shape index (κ3) is 5.31. The summed E-state index contributed by atoms with van der Waals surface area (Å²) in [5.41, 5.74) is 6.01. The molecule has 2 aromatic carbocycles. The maximum Gasteiger partial charge on any atom is 0.255 e. The van der Waals surface area contributed by atoms with Crippen molar-refractivity contribution in [2.24, 2.45) is 5.73 Å². The van der Waals surface area contributed by atoms with E-state index in [0.717, 1.165) is 5.56 Å². The van der Waals surface area contributed by atoms with Gasteiger partial charge in [-0.05, 0) is 35.9 Å². The van der Waals surface area contributed by atoms with Gasteiger partial charge in [-0.2, -0.15) is 0 Å². The predicted octanol–water partition coefficient (Wildman–Crippen LogP) is 2.40. The highest BCUT2D eigenvalue weighted by Gasteiger charge is 2.22. The summed E-state index contributed by atoms with van der Waals surface area (Å²) in [6.07, 6.45) is 0. The van der Waals surface area contributed by atoms with E-state index >= 15 is 0 Å². The zero-order valence-corrected chi connectivity index (χ0v) is 14.2. The lowest BCUT2D eigenvalue weighted by atomic mass is 9.84. The smallest absolute Gasteiger partial charge is 0.255 e. The van der Waals surface area contributed by atoms with E-state index in [1.54, 1.807) is 36.4 Å². The Morgan fingerprint density at radius 2 is 1.84 bits per heavy atom. The fraction of sp³-hybridized carbons (Fsp3) is 0.263. The lowest BCUT2D eigenvalue weighted by Crippen LogP contribution is -2.36. The molecule has 132 valence electrons. The molecule has 5 nitrogen and oxygen atoms in total. The maximum atomic E-state index is 13.1. The molecule has 3 N–H and O–H groups in total. The molecular weight excluding hydrogens is 323 g/mol. The number of hydrogen-bond acceptors (Lipinski definition) is 3. The number of rotatable bonds is 7. The van der Waals surface area contributed by atoms with E-state index in [9.17, 15) is 14.0 Å². The van der Waals surface area contributed by atoms with Crippen molar-refractivity contribution in [3.8, 4) is 5.75 Å². The highest BCUT2D eigenvalue weighted by molar-refractivity contribution is 5.94. The van der Waals surface area contributed by atoms with Crippen molar-refractivity contribution in [2.75, 3.05) is 13.2 Å². The first kappa shape index (κ1) is 18.4. The first-order chi connectivity index (χ1) is 11.8. The molecule has 0 unspecified atom stereocenters. The molecule has 6 heteroatoms. The van der Waals surface area contributed by atoms with Crippen LogP contribution in [0.5, 0.6) is 5.75 Å². The molecule has 0 aliphatic heterocycles. The molecule has 0 heterocycles. The molecule has 2 rings (SSSR count). The van der Waals surface area contributed by atoms with Crippen LogP contribution in [0.15, 0.2) is 48.5 Å². The maximum absolute atomic E-state index is 13.1. The topological polar surface area (TPSA) is 81.4 Å². The average molecular weight is 344 g/mol. The van der Waals surface area contributed by atoms with Crippen molar-refractivity contribution < 1.29 is 18.7 Å². The van der Waals surface area contributed by atoms with Crippen LogP contribution in [0.1, 0.15) is 29.8 Å². The highest BCUT2D eigenvalue weighted by Crippen LogP contribution is 2.22. The van der Waals surface area contributed by atoms with Gasteiger partial charge in [-0.15, -0.1) is 0 Å². The van der Waals surface area contributed by atoms with E-state index in [4.69, 9.17) is 10.5 Å². The number of amides is 2. The molecule has 0 aliphatic carbocycles. The number of ether oxygens (including phenoxy) is 1. The second kappa shape index (κ2) is 7.79. The molecule has 0 radical (unpaired) electrons. The van der Waals surface area contributed by atoms with Crippen molar-refractivity contribution in [3.63, 3.8) is 0 Å². The summed E-state index contributed by atoms with van der Waals surface area (Å²) in [6.45, 7) is 4.06. The molecule has 0 bridgehead atoms. The summed E-state index contributed by atoms with van der Waals surface area (Å²) in [4.78, 5) is 23.1. The predicted molar refractivity (Wildman–Crippen MR) is 92.9 cm³/mol. The fourth-order valence-electron chi connectivity index (χ4n) is 2.29. The van der Waals surface area contributed by atoms with Gasteiger partial charge in [0.2, 0.25) is 0 Å². The SMILES string of the molecule is CC(C)(CNC(=O)c1cccc(OCC(N)=O)c1)c1ccc(F)cc1. The van der Waals surface area contributed by atoms with Crippen LogP contribution < -0.4 is 15.8 Å². The molecule has 25 heavy (non-hydrogen) atoms. The Labute approximate surface area is 146 Å². The largest absolute Gasteiger partial charge is 0.484 e. The van der Waals surface area contributed by atoms with E-state index < -0.39 is 5.91 Å². The standard InChI is InChI=1S/C19H21FN2O3/c1-19(2,14-6-8-15(20)9-7-14)12-22-18(24)13-4-3-5-16(10-13)25-11-17(21)23/h3-10H,11-12H2,1-2H3,(H2,21,23)(H,22,24). The van der Waals surface area contributed by atoms with Gasteiger partial charge in [0.1, 0.15) is 11.6 Å². The number of carbonyl (C=O) groups is 2. The van der Waals surface area contributed by atoms with E-state index in [-0.39, 0.29) is 23.7 Å². The lowest BCUT2D eigenvalue weighted by molar-refractivity contribution is -0.119. The fourth-order valence-corrected chi connectivity index (χ4v) is 2.29. The number of primary amides is 1. The van der Waals surface area contributed by atoms with Crippen LogP contribution in [-0.4, -0.2) is 25.0 Å². The second-order valence-corrected chi connectivity index (χ2v) is 6.36. The molecule has 0 aromatic heterocycles. The van der Waals surface area contributed by atoms with Crippen molar-refractivity contribution in [1.29, 1.82) is 0 Å². The van der Waals surface area contributed by atoms with Gasteiger partial charge >= 0.3 is 0 Å². The summed E-state index contributed by atoms with van der Waals surface area (Å²) in [7, 11) is 0. The van der Waals surface area contributed by atoms with Crippen molar-refractivity contribution in [3.05, 3.63) is 65.5 Å². The van der Waals surface area contributed by atoms with Crippen molar-refractivity contribution in [2.45, 2.75) is 19.3 Å². The quantitative estimate of drug-likeness (QED) is 0.809.